The monoisotopic (exact) mass is 275 g/mol. The molecule has 1 aromatic carbocycles. The highest BCUT2D eigenvalue weighted by Gasteiger charge is 2.08. The van der Waals surface area contributed by atoms with Gasteiger partial charge in [0.2, 0.25) is 0 Å². The molecule has 0 saturated carbocycles. The number of nitrogens with one attached hydrogen (secondary N) is 2. The summed E-state index contributed by atoms with van der Waals surface area (Å²) in [5.74, 6) is 1.55. The van der Waals surface area contributed by atoms with E-state index in [1.54, 1.807) is 7.11 Å². The fourth-order valence-electron chi connectivity index (χ4n) is 1.98. The second kappa shape index (κ2) is 6.96. The van der Waals surface area contributed by atoms with Crippen molar-refractivity contribution >= 4 is 0 Å². The van der Waals surface area contributed by atoms with Gasteiger partial charge >= 0.3 is 0 Å². The number of hydrogen-bond donors (Lipinski definition) is 2. The Morgan fingerprint density at radius 1 is 1.35 bits per heavy atom. The normalized spacial score (nSPS) is 12.2. The summed E-state index contributed by atoms with van der Waals surface area (Å²) in [5.41, 5.74) is 2.29. The molecule has 0 fully saturated rings. The Kier molecular flexibility index (Phi) is 5.01. The molecule has 0 saturated heterocycles. The zero-order valence-electron chi connectivity index (χ0n) is 12.1. The Balaban J connectivity index is 1.99. The molecule has 0 aliphatic carbocycles. The van der Waals surface area contributed by atoms with Crippen LogP contribution in [0, 0.1) is 0 Å². The maximum atomic E-state index is 5.51. The van der Waals surface area contributed by atoms with Gasteiger partial charge in [0.1, 0.15) is 0 Å². The zero-order chi connectivity index (χ0) is 14.4. The average molecular weight is 275 g/mol. The van der Waals surface area contributed by atoms with Crippen molar-refractivity contribution in [2.24, 2.45) is 0 Å². The van der Waals surface area contributed by atoms with E-state index >= 15 is 0 Å². The summed E-state index contributed by atoms with van der Waals surface area (Å²) in [7, 11) is 1.66. The van der Waals surface area contributed by atoms with Gasteiger partial charge in [-0.15, -0.1) is 0 Å². The molecule has 5 heteroatoms. The summed E-state index contributed by atoms with van der Waals surface area (Å²) >= 11 is 0. The smallest absolute Gasteiger partial charge is 0.161 e. The number of ether oxygens (including phenoxy) is 2. The number of aromatic amines is 1. The van der Waals surface area contributed by atoms with E-state index in [0.29, 0.717) is 6.61 Å². The van der Waals surface area contributed by atoms with Crippen LogP contribution in [0.25, 0.3) is 0 Å². The van der Waals surface area contributed by atoms with Gasteiger partial charge in [-0.05, 0) is 31.5 Å². The zero-order valence-corrected chi connectivity index (χ0v) is 12.1. The van der Waals surface area contributed by atoms with Crippen molar-refractivity contribution in [2.45, 2.75) is 26.4 Å². The van der Waals surface area contributed by atoms with Crippen LogP contribution in [-0.2, 0) is 6.54 Å². The van der Waals surface area contributed by atoms with Gasteiger partial charge in [0, 0.05) is 24.3 Å². The summed E-state index contributed by atoms with van der Waals surface area (Å²) in [5, 5.41) is 10.2. The van der Waals surface area contributed by atoms with E-state index in [1.807, 2.05) is 37.5 Å². The van der Waals surface area contributed by atoms with Crippen LogP contribution in [-0.4, -0.2) is 23.9 Å². The molecule has 20 heavy (non-hydrogen) atoms. The van der Waals surface area contributed by atoms with E-state index in [9.17, 15) is 0 Å². The van der Waals surface area contributed by atoms with Crippen LogP contribution in [0.15, 0.2) is 30.6 Å². The number of benzene rings is 1. The van der Waals surface area contributed by atoms with E-state index in [-0.39, 0.29) is 6.04 Å². The van der Waals surface area contributed by atoms with Gasteiger partial charge in [-0.3, -0.25) is 5.10 Å². The van der Waals surface area contributed by atoms with Crippen LogP contribution < -0.4 is 14.8 Å². The van der Waals surface area contributed by atoms with Crippen molar-refractivity contribution in [3.8, 4) is 11.5 Å². The molecule has 0 aliphatic rings. The maximum Gasteiger partial charge on any atom is 0.161 e. The van der Waals surface area contributed by atoms with Crippen LogP contribution in [0.3, 0.4) is 0 Å². The molecule has 1 unspecified atom stereocenters. The molecular formula is C15H21N3O2. The second-order valence-corrected chi connectivity index (χ2v) is 4.55. The van der Waals surface area contributed by atoms with Gasteiger partial charge in [0.25, 0.3) is 0 Å². The van der Waals surface area contributed by atoms with Crippen molar-refractivity contribution in [3.05, 3.63) is 41.7 Å². The van der Waals surface area contributed by atoms with E-state index < -0.39 is 0 Å². The highest BCUT2D eigenvalue weighted by molar-refractivity contribution is 5.43. The van der Waals surface area contributed by atoms with Crippen LogP contribution in [0.5, 0.6) is 11.5 Å². The van der Waals surface area contributed by atoms with Gasteiger partial charge in [0.15, 0.2) is 11.5 Å². The van der Waals surface area contributed by atoms with E-state index in [4.69, 9.17) is 9.47 Å². The van der Waals surface area contributed by atoms with Crippen LogP contribution >= 0.6 is 0 Å². The van der Waals surface area contributed by atoms with Crippen molar-refractivity contribution in [2.75, 3.05) is 13.7 Å². The minimum absolute atomic E-state index is 0.242. The van der Waals surface area contributed by atoms with Crippen molar-refractivity contribution in [1.29, 1.82) is 0 Å². The molecule has 0 aliphatic heterocycles. The van der Waals surface area contributed by atoms with E-state index in [2.05, 4.69) is 22.4 Å². The molecule has 0 radical (unpaired) electrons. The summed E-state index contributed by atoms with van der Waals surface area (Å²) in [6.45, 7) is 5.46. The molecule has 0 amide bonds. The quantitative estimate of drug-likeness (QED) is 0.815. The van der Waals surface area contributed by atoms with Crippen LogP contribution in [0.4, 0.5) is 0 Å². The predicted octanol–water partition coefficient (Wildman–Crippen LogP) is 2.67. The molecule has 108 valence electrons. The fraction of sp³-hybridized carbons (Fsp3) is 0.400. The molecule has 1 heterocycles. The maximum absolute atomic E-state index is 5.51. The van der Waals surface area contributed by atoms with Gasteiger partial charge in [-0.2, -0.15) is 5.10 Å². The van der Waals surface area contributed by atoms with Gasteiger partial charge in [0.05, 0.1) is 19.9 Å². The average Bonchev–Trinajstić information content (AvgIpc) is 3.00. The standard InChI is InChI=1S/C15H21N3O2/c1-4-20-14-6-5-12(7-15(14)19-3)8-16-11(2)13-9-17-18-10-13/h5-7,9-11,16H,4,8H2,1-3H3,(H,17,18). The Morgan fingerprint density at radius 2 is 2.20 bits per heavy atom. The summed E-state index contributed by atoms with van der Waals surface area (Å²) < 4.78 is 10.9. The predicted molar refractivity (Wildman–Crippen MR) is 78.0 cm³/mol. The molecule has 2 N–H and O–H groups in total. The molecular weight excluding hydrogens is 254 g/mol. The van der Waals surface area contributed by atoms with Crippen molar-refractivity contribution in [3.63, 3.8) is 0 Å². The van der Waals surface area contributed by atoms with Crippen LogP contribution in [0.1, 0.15) is 31.0 Å². The SMILES string of the molecule is CCOc1ccc(CNC(C)c2cn[nH]c2)cc1OC. The second-order valence-electron chi connectivity index (χ2n) is 4.55. The third kappa shape index (κ3) is 3.51. The lowest BCUT2D eigenvalue weighted by Gasteiger charge is -2.14. The number of hydrogen-bond acceptors (Lipinski definition) is 4. The first-order chi connectivity index (χ1) is 9.74. The topological polar surface area (TPSA) is 59.2 Å². The van der Waals surface area contributed by atoms with Gasteiger partial charge < -0.3 is 14.8 Å². The first kappa shape index (κ1) is 14.4. The number of nitrogens with zero attached hydrogens (tertiary/aromatic N) is 1. The van der Waals surface area contributed by atoms with Gasteiger partial charge in [-0.1, -0.05) is 6.07 Å². The minimum Gasteiger partial charge on any atom is -0.493 e. The Morgan fingerprint density at radius 3 is 2.85 bits per heavy atom. The van der Waals surface area contributed by atoms with E-state index in [0.717, 1.165) is 29.2 Å². The number of methoxy groups -OCH3 is 1. The lowest BCUT2D eigenvalue weighted by atomic mass is 10.1. The molecule has 2 aromatic rings. The number of rotatable bonds is 7. The molecule has 0 spiro atoms. The molecule has 1 aromatic heterocycles. The Hall–Kier alpha value is -2.01. The Labute approximate surface area is 119 Å². The minimum atomic E-state index is 0.242. The summed E-state index contributed by atoms with van der Waals surface area (Å²) in [6.07, 6.45) is 3.73. The number of aromatic nitrogens is 2. The summed E-state index contributed by atoms with van der Waals surface area (Å²) in [6, 6.07) is 6.23. The molecule has 2 rings (SSSR count). The van der Waals surface area contributed by atoms with Gasteiger partial charge in [-0.25, -0.2) is 0 Å². The van der Waals surface area contributed by atoms with Crippen LogP contribution in [0.2, 0.25) is 0 Å². The lowest BCUT2D eigenvalue weighted by Crippen LogP contribution is -2.17. The van der Waals surface area contributed by atoms with E-state index in [1.165, 1.54) is 0 Å². The fourth-order valence-corrected chi connectivity index (χ4v) is 1.98. The lowest BCUT2D eigenvalue weighted by molar-refractivity contribution is 0.310. The number of H-pyrrole nitrogens is 1. The third-order valence-corrected chi connectivity index (χ3v) is 3.16. The first-order valence-corrected chi connectivity index (χ1v) is 6.76. The Bertz CT molecular complexity index is 526. The molecule has 5 nitrogen and oxygen atoms in total. The van der Waals surface area contributed by atoms with Crippen molar-refractivity contribution in [1.82, 2.24) is 15.5 Å². The highest BCUT2D eigenvalue weighted by atomic mass is 16.5. The van der Waals surface area contributed by atoms with Crippen molar-refractivity contribution < 1.29 is 9.47 Å². The molecule has 0 bridgehead atoms. The third-order valence-electron chi connectivity index (χ3n) is 3.16. The molecule has 1 atom stereocenters. The highest BCUT2D eigenvalue weighted by Crippen LogP contribution is 2.28. The largest absolute Gasteiger partial charge is 0.493 e. The summed E-state index contributed by atoms with van der Waals surface area (Å²) in [4.78, 5) is 0. The first-order valence-electron chi connectivity index (χ1n) is 6.76.